The first-order valence-corrected chi connectivity index (χ1v) is 10.2. The summed E-state index contributed by atoms with van der Waals surface area (Å²) in [6.07, 6.45) is 2.02. The van der Waals surface area contributed by atoms with Crippen LogP contribution in [0.25, 0.3) is 0 Å². The van der Waals surface area contributed by atoms with Crippen LogP contribution < -0.4 is 15.4 Å². The number of carbonyl (C=O) groups is 1. The van der Waals surface area contributed by atoms with Crippen molar-refractivity contribution in [3.8, 4) is 24.0 Å². The Bertz CT molecular complexity index is 1020. The van der Waals surface area contributed by atoms with Gasteiger partial charge in [0, 0.05) is 11.8 Å². The second-order valence-electron chi connectivity index (χ2n) is 8.34. The summed E-state index contributed by atoms with van der Waals surface area (Å²) in [4.78, 5) is 12.3. The number of fused-ring (bicyclic) bond motifs is 1. The molecule has 2 aliphatic rings. The number of nitrogens with one attached hydrogen (secondary N) is 2. The minimum atomic E-state index is -1.74. The molecule has 2 unspecified atom stereocenters. The summed E-state index contributed by atoms with van der Waals surface area (Å²) in [5.41, 5.74) is 4.77. The van der Waals surface area contributed by atoms with Crippen LogP contribution in [0.2, 0.25) is 0 Å². The molecule has 1 heterocycles. The zero-order valence-electron chi connectivity index (χ0n) is 17.6. The van der Waals surface area contributed by atoms with Gasteiger partial charge in [0.1, 0.15) is 11.7 Å². The highest BCUT2D eigenvalue weighted by molar-refractivity contribution is 6.00. The van der Waals surface area contributed by atoms with Crippen LogP contribution >= 0.6 is 0 Å². The zero-order valence-corrected chi connectivity index (χ0v) is 17.6. The van der Waals surface area contributed by atoms with Gasteiger partial charge in [-0.05, 0) is 43.2 Å². The van der Waals surface area contributed by atoms with E-state index >= 15 is 0 Å². The molecule has 0 bridgehead atoms. The summed E-state index contributed by atoms with van der Waals surface area (Å²) in [5.74, 6) is -1.83. The number of nitrogens with two attached hydrogens (primary N) is 1. The van der Waals surface area contributed by atoms with E-state index < -0.39 is 23.2 Å². The lowest BCUT2D eigenvalue weighted by Gasteiger charge is -2.47. The number of rotatable bonds is 5. The molecule has 1 amide bonds. The van der Waals surface area contributed by atoms with Gasteiger partial charge in [0.15, 0.2) is 12.0 Å². The number of ether oxygens (including phenoxy) is 1. The Labute approximate surface area is 181 Å². The maximum absolute atomic E-state index is 11.0. The maximum Gasteiger partial charge on any atom is 0.255 e. The number of hydrogen-bond acceptors (Lipinski definition) is 6. The van der Waals surface area contributed by atoms with Gasteiger partial charge in [-0.3, -0.25) is 4.79 Å². The predicted octanol–water partition coefficient (Wildman–Crippen LogP) is 0.691. The summed E-state index contributed by atoms with van der Waals surface area (Å²) < 4.78 is 5.32. The normalized spacial score (nSPS) is 26.6. The molecule has 1 aliphatic carbocycles. The Hall–Kier alpha value is -3.67. The van der Waals surface area contributed by atoms with Crippen molar-refractivity contribution in [2.45, 2.75) is 25.8 Å². The van der Waals surface area contributed by atoms with Crippen molar-refractivity contribution >= 4 is 11.6 Å². The van der Waals surface area contributed by atoms with Crippen LogP contribution in [0.3, 0.4) is 0 Å². The second kappa shape index (κ2) is 8.60. The number of amides is 1. The first kappa shape index (κ1) is 22.0. The Kier molecular flexibility index (Phi) is 6.11. The maximum atomic E-state index is 11.0. The largest absolute Gasteiger partial charge is 0.484 e. The fraction of sp³-hybridized carbons (Fsp3) is 0.435. The van der Waals surface area contributed by atoms with Gasteiger partial charge < -0.3 is 20.8 Å². The monoisotopic (exact) mass is 417 g/mol. The van der Waals surface area contributed by atoms with Crippen LogP contribution in [0.5, 0.6) is 5.75 Å². The molecule has 0 aromatic heterocycles. The van der Waals surface area contributed by atoms with Crippen LogP contribution in [0.4, 0.5) is 0 Å². The van der Waals surface area contributed by atoms with E-state index in [-0.39, 0.29) is 18.2 Å². The fourth-order valence-electron chi connectivity index (χ4n) is 4.69. The Morgan fingerprint density at radius 1 is 1.29 bits per heavy atom. The van der Waals surface area contributed by atoms with Crippen LogP contribution in [0.1, 0.15) is 25.3 Å². The van der Waals surface area contributed by atoms with Gasteiger partial charge in [-0.1, -0.05) is 12.1 Å². The van der Waals surface area contributed by atoms with Gasteiger partial charge in [-0.15, -0.1) is 0 Å². The third-order valence-corrected chi connectivity index (χ3v) is 6.34. The average Bonchev–Trinajstić information content (AvgIpc) is 2.77. The Morgan fingerprint density at radius 2 is 1.94 bits per heavy atom. The topological polar surface area (TPSA) is 152 Å². The molecule has 8 nitrogen and oxygen atoms in total. The summed E-state index contributed by atoms with van der Waals surface area (Å²) in [5, 5.41) is 38.6. The number of hydrogen-bond donors (Lipinski definition) is 3. The van der Waals surface area contributed by atoms with Crippen molar-refractivity contribution in [3.05, 3.63) is 41.5 Å². The third kappa shape index (κ3) is 3.77. The van der Waals surface area contributed by atoms with Crippen LogP contribution in [-0.4, -0.2) is 37.4 Å². The van der Waals surface area contributed by atoms with E-state index in [4.69, 9.17) is 15.9 Å². The highest BCUT2D eigenvalue weighted by Gasteiger charge is 2.58. The van der Waals surface area contributed by atoms with Crippen LogP contribution in [0, 0.1) is 56.7 Å². The van der Waals surface area contributed by atoms with Gasteiger partial charge in [0.25, 0.3) is 5.91 Å². The van der Waals surface area contributed by atoms with Gasteiger partial charge in [0.2, 0.25) is 0 Å². The van der Waals surface area contributed by atoms with Crippen molar-refractivity contribution in [1.29, 1.82) is 21.2 Å². The highest BCUT2D eigenvalue weighted by atomic mass is 16.5. The zero-order chi connectivity index (χ0) is 22.8. The van der Waals surface area contributed by atoms with Crippen molar-refractivity contribution in [2.24, 2.45) is 23.0 Å². The Morgan fingerprint density at radius 3 is 2.45 bits per heavy atom. The molecule has 0 saturated heterocycles. The molecule has 1 aromatic carbocycles. The average molecular weight is 417 g/mol. The smallest absolute Gasteiger partial charge is 0.255 e. The minimum absolute atomic E-state index is 0.158. The van der Waals surface area contributed by atoms with Gasteiger partial charge in [0.05, 0.1) is 43.1 Å². The summed E-state index contributed by atoms with van der Waals surface area (Å²) in [6, 6.07) is 13.5. The Balaban J connectivity index is 2.11. The van der Waals surface area contributed by atoms with E-state index in [9.17, 15) is 20.6 Å². The molecule has 31 heavy (non-hydrogen) atoms. The lowest BCUT2D eigenvalue weighted by molar-refractivity contribution is -0.920. The van der Waals surface area contributed by atoms with E-state index in [1.54, 1.807) is 24.3 Å². The van der Waals surface area contributed by atoms with Crippen molar-refractivity contribution in [2.75, 3.05) is 19.7 Å². The molecular formula is C23H25N6O2+. The van der Waals surface area contributed by atoms with E-state index in [1.807, 2.05) is 6.08 Å². The molecule has 4 atom stereocenters. The van der Waals surface area contributed by atoms with Crippen LogP contribution in [-0.2, 0) is 4.79 Å². The quantitative estimate of drug-likeness (QED) is 0.602. The standard InChI is InChI=1S/C23H24N6O2/c1-14(2)29-8-7-17-18(9-24)22(28)23(12-25,13-26)21(19(17)10-29)15-3-5-16(6-4-15)31-11-20(27)30/h3-7,14,18-19,21,28H,8,10-11H2,1-2H3,(H2,27,30)/p+1/t18?,19-,21-/m1/s1. The molecule has 1 aromatic rings. The molecular weight excluding hydrogens is 392 g/mol. The molecule has 3 rings (SSSR count). The number of benzene rings is 1. The number of quaternary nitrogens is 1. The first-order chi connectivity index (χ1) is 14.8. The van der Waals surface area contributed by atoms with E-state index in [0.717, 1.165) is 17.7 Å². The summed E-state index contributed by atoms with van der Waals surface area (Å²) in [7, 11) is 0. The summed E-state index contributed by atoms with van der Waals surface area (Å²) >= 11 is 0. The van der Waals surface area contributed by atoms with E-state index in [2.05, 4.69) is 32.1 Å². The molecule has 0 radical (unpaired) electrons. The predicted molar refractivity (Wildman–Crippen MR) is 112 cm³/mol. The van der Waals surface area contributed by atoms with Crippen molar-refractivity contribution < 1.29 is 14.4 Å². The van der Waals surface area contributed by atoms with Crippen LogP contribution in [0.15, 0.2) is 35.9 Å². The number of carbonyl (C=O) groups excluding carboxylic acids is 1. The molecule has 158 valence electrons. The van der Waals surface area contributed by atoms with Crippen molar-refractivity contribution in [3.63, 3.8) is 0 Å². The molecule has 1 fully saturated rings. The SMILES string of the molecule is CC(C)[NH+]1CC=C2C(C#N)C(=N)C(C#N)(C#N)[C@H](c3ccc(OCC(N)=O)cc3)[C@@H]2C1. The lowest BCUT2D eigenvalue weighted by Crippen LogP contribution is -3.16. The minimum Gasteiger partial charge on any atom is -0.484 e. The van der Waals surface area contributed by atoms with Gasteiger partial charge in [-0.25, -0.2) is 0 Å². The molecule has 1 aliphatic heterocycles. The second-order valence-corrected chi connectivity index (χ2v) is 8.34. The fourth-order valence-corrected chi connectivity index (χ4v) is 4.69. The van der Waals surface area contributed by atoms with E-state index in [0.29, 0.717) is 18.3 Å². The highest BCUT2D eigenvalue weighted by Crippen LogP contribution is 2.52. The lowest BCUT2D eigenvalue weighted by atomic mass is 9.54. The third-order valence-electron chi connectivity index (χ3n) is 6.34. The van der Waals surface area contributed by atoms with E-state index in [1.165, 1.54) is 4.90 Å². The van der Waals surface area contributed by atoms with Gasteiger partial charge in [-0.2, -0.15) is 15.8 Å². The van der Waals surface area contributed by atoms with Gasteiger partial charge >= 0.3 is 0 Å². The first-order valence-electron chi connectivity index (χ1n) is 10.2. The molecule has 8 heteroatoms. The molecule has 4 N–H and O–H groups in total. The molecule has 0 spiro atoms. The number of primary amides is 1. The summed E-state index contributed by atoms with van der Waals surface area (Å²) in [6.45, 7) is 5.39. The molecule has 1 saturated carbocycles. The number of nitriles is 3. The van der Waals surface area contributed by atoms with Crippen molar-refractivity contribution in [1.82, 2.24) is 0 Å². The number of nitrogens with zero attached hydrogens (tertiary/aromatic N) is 3.